The van der Waals surface area contributed by atoms with Crippen LogP contribution in [-0.4, -0.2) is 15.0 Å². The van der Waals surface area contributed by atoms with Gasteiger partial charge in [-0.3, -0.25) is 0 Å². The maximum absolute atomic E-state index is 5.73. The number of hydrogen-bond donors (Lipinski definition) is 1. The summed E-state index contributed by atoms with van der Waals surface area (Å²) in [6.45, 7) is 2.50. The summed E-state index contributed by atoms with van der Waals surface area (Å²) in [6, 6.07) is 7.92. The molecule has 0 unspecified atom stereocenters. The Bertz CT molecular complexity index is 475. The lowest BCUT2D eigenvalue weighted by atomic mass is 10.2. The fourth-order valence-corrected chi connectivity index (χ4v) is 1.87. The van der Waals surface area contributed by atoms with Crippen LogP contribution in [0.4, 0.5) is 0 Å². The van der Waals surface area contributed by atoms with Gasteiger partial charge in [0.1, 0.15) is 0 Å². The van der Waals surface area contributed by atoms with Gasteiger partial charge in [0.15, 0.2) is 0 Å². The molecule has 0 saturated heterocycles. The topological polar surface area (TPSA) is 56.7 Å². The van der Waals surface area contributed by atoms with Crippen LogP contribution >= 0.6 is 15.9 Å². The number of nitrogens with zero attached hydrogens (tertiary/aromatic N) is 3. The summed E-state index contributed by atoms with van der Waals surface area (Å²) in [5, 5.41) is 8.25. The minimum Gasteiger partial charge on any atom is -0.325 e. The zero-order valence-corrected chi connectivity index (χ0v) is 10.6. The Morgan fingerprint density at radius 2 is 2.00 bits per heavy atom. The second-order valence-corrected chi connectivity index (χ2v) is 4.34. The molecule has 2 rings (SSSR count). The molecule has 0 aliphatic carbocycles. The highest BCUT2D eigenvalue weighted by Crippen LogP contribution is 2.16. The third-order valence-electron chi connectivity index (χ3n) is 2.44. The highest BCUT2D eigenvalue weighted by Gasteiger charge is 2.10. The smallest absolute Gasteiger partial charge is 0.0874 e. The third kappa shape index (κ3) is 2.01. The first kappa shape index (κ1) is 11.3. The van der Waals surface area contributed by atoms with Crippen LogP contribution in [0.3, 0.4) is 0 Å². The summed E-state index contributed by atoms with van der Waals surface area (Å²) >= 11 is 3.40. The zero-order valence-electron chi connectivity index (χ0n) is 9.02. The lowest BCUT2D eigenvalue weighted by Gasteiger charge is -2.05. The number of halogens is 1. The van der Waals surface area contributed by atoms with Gasteiger partial charge in [-0.05, 0) is 30.7 Å². The van der Waals surface area contributed by atoms with Crippen molar-refractivity contribution in [1.29, 1.82) is 0 Å². The molecule has 0 spiro atoms. The molecule has 16 heavy (non-hydrogen) atoms. The lowest BCUT2D eigenvalue weighted by Crippen LogP contribution is -2.08. The van der Waals surface area contributed by atoms with Crippen LogP contribution in [0.1, 0.15) is 18.3 Å². The van der Waals surface area contributed by atoms with Gasteiger partial charge in [0.2, 0.25) is 0 Å². The molecular formula is C11H13BrN4. The maximum Gasteiger partial charge on any atom is 0.0874 e. The number of nitrogens with two attached hydrogens (primary N) is 1. The van der Waals surface area contributed by atoms with Gasteiger partial charge < -0.3 is 5.73 Å². The lowest BCUT2D eigenvalue weighted by molar-refractivity contribution is 0.761. The van der Waals surface area contributed by atoms with E-state index in [2.05, 4.69) is 33.2 Å². The fourth-order valence-electron chi connectivity index (χ4n) is 1.60. The SMILES string of the molecule is CCc1nnn(-c2ccc(Br)cc2)c1CN. The van der Waals surface area contributed by atoms with E-state index in [1.165, 1.54) is 0 Å². The minimum absolute atomic E-state index is 0.451. The Morgan fingerprint density at radius 3 is 2.56 bits per heavy atom. The molecule has 0 saturated carbocycles. The standard InChI is InChI=1S/C11H13BrN4/c1-2-10-11(7-13)16(15-14-10)9-5-3-8(12)4-6-9/h3-6H,2,7,13H2,1H3. The van der Waals surface area contributed by atoms with E-state index >= 15 is 0 Å². The van der Waals surface area contributed by atoms with Crippen LogP contribution in [0.5, 0.6) is 0 Å². The van der Waals surface area contributed by atoms with Gasteiger partial charge in [-0.15, -0.1) is 5.10 Å². The Labute approximate surface area is 103 Å². The molecular weight excluding hydrogens is 268 g/mol. The predicted octanol–water partition coefficient (Wildman–Crippen LogP) is 2.05. The van der Waals surface area contributed by atoms with Crippen molar-refractivity contribution in [3.05, 3.63) is 40.1 Å². The molecule has 4 nitrogen and oxygen atoms in total. The molecule has 0 radical (unpaired) electrons. The van der Waals surface area contributed by atoms with Gasteiger partial charge >= 0.3 is 0 Å². The first-order valence-corrected chi connectivity index (χ1v) is 5.95. The summed E-state index contributed by atoms with van der Waals surface area (Å²) in [4.78, 5) is 0. The van der Waals surface area contributed by atoms with Crippen molar-refractivity contribution in [2.75, 3.05) is 0 Å². The average Bonchev–Trinajstić information content (AvgIpc) is 2.72. The second-order valence-electron chi connectivity index (χ2n) is 3.43. The number of aromatic nitrogens is 3. The molecule has 0 fully saturated rings. The molecule has 0 bridgehead atoms. The van der Waals surface area contributed by atoms with E-state index in [1.54, 1.807) is 4.68 Å². The number of benzene rings is 1. The van der Waals surface area contributed by atoms with Gasteiger partial charge in [-0.2, -0.15) is 0 Å². The van der Waals surface area contributed by atoms with E-state index in [4.69, 9.17) is 5.73 Å². The first-order chi connectivity index (χ1) is 7.76. The molecule has 84 valence electrons. The molecule has 2 N–H and O–H groups in total. The molecule has 0 amide bonds. The maximum atomic E-state index is 5.73. The van der Waals surface area contributed by atoms with Crippen molar-refractivity contribution >= 4 is 15.9 Å². The fraction of sp³-hybridized carbons (Fsp3) is 0.273. The number of rotatable bonds is 3. The van der Waals surface area contributed by atoms with E-state index in [0.717, 1.165) is 28.0 Å². The summed E-state index contributed by atoms with van der Waals surface area (Å²) in [5.74, 6) is 0. The van der Waals surface area contributed by atoms with Crippen molar-refractivity contribution in [2.24, 2.45) is 5.73 Å². The molecule has 0 atom stereocenters. The largest absolute Gasteiger partial charge is 0.325 e. The van der Waals surface area contributed by atoms with Crippen molar-refractivity contribution in [2.45, 2.75) is 19.9 Å². The van der Waals surface area contributed by atoms with Crippen LogP contribution in [-0.2, 0) is 13.0 Å². The normalized spacial score (nSPS) is 10.7. The summed E-state index contributed by atoms with van der Waals surface area (Å²) < 4.78 is 2.84. The molecule has 0 aliphatic heterocycles. The number of aryl methyl sites for hydroxylation is 1. The Kier molecular flexibility index (Phi) is 3.36. The van der Waals surface area contributed by atoms with Crippen LogP contribution in [0.15, 0.2) is 28.7 Å². The molecule has 1 heterocycles. The van der Waals surface area contributed by atoms with Crippen LogP contribution in [0.25, 0.3) is 5.69 Å². The second kappa shape index (κ2) is 4.76. The van der Waals surface area contributed by atoms with Crippen LogP contribution in [0.2, 0.25) is 0 Å². The van der Waals surface area contributed by atoms with Crippen LogP contribution < -0.4 is 5.73 Å². The van der Waals surface area contributed by atoms with E-state index in [1.807, 2.05) is 24.3 Å². The van der Waals surface area contributed by atoms with Crippen LogP contribution in [0, 0.1) is 0 Å². The quantitative estimate of drug-likeness (QED) is 0.936. The van der Waals surface area contributed by atoms with Crippen molar-refractivity contribution in [3.63, 3.8) is 0 Å². The molecule has 1 aromatic heterocycles. The van der Waals surface area contributed by atoms with Crippen molar-refractivity contribution in [3.8, 4) is 5.69 Å². The van der Waals surface area contributed by atoms with Gasteiger partial charge in [-0.1, -0.05) is 28.1 Å². The summed E-state index contributed by atoms with van der Waals surface area (Å²) in [7, 11) is 0. The molecule has 0 aliphatic rings. The van der Waals surface area contributed by atoms with Gasteiger partial charge in [-0.25, -0.2) is 4.68 Å². The highest BCUT2D eigenvalue weighted by molar-refractivity contribution is 9.10. The van der Waals surface area contributed by atoms with Crippen molar-refractivity contribution < 1.29 is 0 Å². The van der Waals surface area contributed by atoms with E-state index in [-0.39, 0.29) is 0 Å². The van der Waals surface area contributed by atoms with Gasteiger partial charge in [0.05, 0.1) is 17.1 Å². The Balaban J connectivity index is 2.47. The summed E-state index contributed by atoms with van der Waals surface area (Å²) in [5.41, 5.74) is 8.65. The molecule has 5 heteroatoms. The zero-order chi connectivity index (χ0) is 11.5. The Hall–Kier alpha value is -1.20. The Morgan fingerprint density at radius 1 is 1.31 bits per heavy atom. The average molecular weight is 281 g/mol. The number of hydrogen-bond acceptors (Lipinski definition) is 3. The monoisotopic (exact) mass is 280 g/mol. The predicted molar refractivity (Wildman–Crippen MR) is 66.3 cm³/mol. The summed E-state index contributed by atoms with van der Waals surface area (Å²) in [6.07, 6.45) is 0.850. The van der Waals surface area contributed by atoms with Crippen molar-refractivity contribution in [1.82, 2.24) is 15.0 Å². The third-order valence-corrected chi connectivity index (χ3v) is 2.97. The van der Waals surface area contributed by atoms with E-state index in [0.29, 0.717) is 6.54 Å². The highest BCUT2D eigenvalue weighted by atomic mass is 79.9. The van der Waals surface area contributed by atoms with E-state index in [9.17, 15) is 0 Å². The molecule has 1 aromatic carbocycles. The van der Waals surface area contributed by atoms with Gasteiger partial charge in [0.25, 0.3) is 0 Å². The van der Waals surface area contributed by atoms with E-state index < -0.39 is 0 Å². The minimum atomic E-state index is 0.451. The van der Waals surface area contributed by atoms with Gasteiger partial charge in [0, 0.05) is 11.0 Å². The first-order valence-electron chi connectivity index (χ1n) is 5.15. The molecule has 2 aromatic rings.